The summed E-state index contributed by atoms with van der Waals surface area (Å²) in [6.07, 6.45) is 0. The fourth-order valence-corrected chi connectivity index (χ4v) is 1.69. The fraction of sp³-hybridized carbons (Fsp3) is 0.429. The standard InChI is InChI=1S/C7H9ClN2O2S/c1-4-6(8)13-7(9-4)10-5(11)3-12-2/h3H2,1-2H3,(H,9,10,11). The highest BCUT2D eigenvalue weighted by Gasteiger charge is 2.07. The molecule has 0 spiro atoms. The molecule has 1 aromatic heterocycles. The van der Waals surface area contributed by atoms with Gasteiger partial charge in [-0.1, -0.05) is 22.9 Å². The van der Waals surface area contributed by atoms with Crippen LogP contribution in [0.2, 0.25) is 4.34 Å². The van der Waals surface area contributed by atoms with Crippen LogP contribution < -0.4 is 5.32 Å². The molecule has 0 atom stereocenters. The van der Waals surface area contributed by atoms with Gasteiger partial charge in [-0.25, -0.2) is 4.98 Å². The van der Waals surface area contributed by atoms with Crippen molar-refractivity contribution < 1.29 is 9.53 Å². The number of hydrogen-bond donors (Lipinski definition) is 1. The summed E-state index contributed by atoms with van der Waals surface area (Å²) in [7, 11) is 1.46. The lowest BCUT2D eigenvalue weighted by Gasteiger charge is -1.98. The second kappa shape index (κ2) is 4.55. The Bertz CT molecular complexity index is 294. The molecule has 0 radical (unpaired) electrons. The molecule has 1 rings (SSSR count). The normalized spacial score (nSPS) is 10.1. The molecule has 0 aliphatic heterocycles. The Morgan fingerprint density at radius 3 is 2.92 bits per heavy atom. The summed E-state index contributed by atoms with van der Waals surface area (Å²) in [6.45, 7) is 1.81. The third-order valence-electron chi connectivity index (χ3n) is 1.26. The first kappa shape index (κ1) is 10.4. The molecule has 72 valence electrons. The molecule has 1 heterocycles. The molecule has 0 saturated carbocycles. The van der Waals surface area contributed by atoms with E-state index in [9.17, 15) is 4.79 Å². The van der Waals surface area contributed by atoms with E-state index in [-0.39, 0.29) is 12.5 Å². The molecule has 0 aromatic carbocycles. The minimum Gasteiger partial charge on any atom is -0.375 e. The van der Waals surface area contributed by atoms with Gasteiger partial charge in [0, 0.05) is 7.11 Å². The van der Waals surface area contributed by atoms with E-state index in [4.69, 9.17) is 11.6 Å². The van der Waals surface area contributed by atoms with Crippen molar-refractivity contribution in [1.82, 2.24) is 4.98 Å². The predicted molar refractivity (Wildman–Crippen MR) is 52.4 cm³/mol. The van der Waals surface area contributed by atoms with Gasteiger partial charge >= 0.3 is 0 Å². The largest absolute Gasteiger partial charge is 0.375 e. The fourth-order valence-electron chi connectivity index (χ4n) is 0.718. The van der Waals surface area contributed by atoms with Crippen LogP contribution in [-0.2, 0) is 9.53 Å². The molecule has 0 bridgehead atoms. The average molecular weight is 221 g/mol. The Labute approximate surface area is 84.9 Å². The van der Waals surface area contributed by atoms with Crippen LogP contribution in [0, 0.1) is 6.92 Å². The van der Waals surface area contributed by atoms with E-state index in [1.165, 1.54) is 18.4 Å². The number of methoxy groups -OCH3 is 1. The van der Waals surface area contributed by atoms with Crippen LogP contribution in [0.15, 0.2) is 0 Å². The number of ether oxygens (including phenoxy) is 1. The number of carbonyl (C=O) groups excluding carboxylic acids is 1. The zero-order valence-corrected chi connectivity index (χ0v) is 8.83. The van der Waals surface area contributed by atoms with Gasteiger partial charge in [0.2, 0.25) is 0 Å². The maximum absolute atomic E-state index is 11.0. The molecule has 1 N–H and O–H groups in total. The number of amides is 1. The van der Waals surface area contributed by atoms with Crippen LogP contribution >= 0.6 is 22.9 Å². The lowest BCUT2D eigenvalue weighted by Crippen LogP contribution is -2.16. The van der Waals surface area contributed by atoms with E-state index in [1.807, 2.05) is 0 Å². The van der Waals surface area contributed by atoms with Crippen LogP contribution in [0.25, 0.3) is 0 Å². The van der Waals surface area contributed by atoms with Crippen molar-refractivity contribution in [2.24, 2.45) is 0 Å². The number of thiazole rings is 1. The Morgan fingerprint density at radius 2 is 2.46 bits per heavy atom. The Hall–Kier alpha value is -0.650. The summed E-state index contributed by atoms with van der Waals surface area (Å²) >= 11 is 7.00. The number of carbonyl (C=O) groups is 1. The quantitative estimate of drug-likeness (QED) is 0.844. The number of anilines is 1. The van der Waals surface area contributed by atoms with Crippen molar-refractivity contribution in [2.75, 3.05) is 19.0 Å². The number of rotatable bonds is 3. The minimum atomic E-state index is -0.229. The maximum Gasteiger partial charge on any atom is 0.252 e. The highest BCUT2D eigenvalue weighted by atomic mass is 35.5. The summed E-state index contributed by atoms with van der Waals surface area (Å²) < 4.78 is 5.24. The van der Waals surface area contributed by atoms with Gasteiger partial charge in [0.05, 0.1) is 5.69 Å². The molecule has 0 fully saturated rings. The number of nitrogens with zero attached hydrogens (tertiary/aromatic N) is 1. The van der Waals surface area contributed by atoms with Gasteiger partial charge in [-0.3, -0.25) is 10.1 Å². The smallest absolute Gasteiger partial charge is 0.252 e. The van der Waals surface area contributed by atoms with Crippen LogP contribution in [0.4, 0.5) is 5.13 Å². The molecular weight excluding hydrogens is 212 g/mol. The van der Waals surface area contributed by atoms with Gasteiger partial charge in [-0.2, -0.15) is 0 Å². The van der Waals surface area contributed by atoms with Gasteiger partial charge in [0.25, 0.3) is 5.91 Å². The molecule has 0 aliphatic carbocycles. The van der Waals surface area contributed by atoms with Crippen molar-refractivity contribution >= 4 is 34.0 Å². The second-order valence-electron chi connectivity index (χ2n) is 2.36. The third kappa shape index (κ3) is 2.95. The summed E-state index contributed by atoms with van der Waals surface area (Å²) in [5, 5.41) is 3.07. The summed E-state index contributed by atoms with van der Waals surface area (Å²) in [5.41, 5.74) is 0.722. The SMILES string of the molecule is COCC(=O)Nc1nc(C)c(Cl)s1. The average Bonchev–Trinajstić information content (AvgIpc) is 2.31. The molecule has 4 nitrogen and oxygen atoms in total. The summed E-state index contributed by atoms with van der Waals surface area (Å²) in [5.74, 6) is -0.229. The summed E-state index contributed by atoms with van der Waals surface area (Å²) in [6, 6.07) is 0. The number of nitrogens with one attached hydrogen (secondary N) is 1. The number of aromatic nitrogens is 1. The molecule has 0 unspecified atom stereocenters. The molecule has 0 saturated heterocycles. The minimum absolute atomic E-state index is 0.0241. The molecule has 6 heteroatoms. The van der Waals surface area contributed by atoms with Crippen molar-refractivity contribution in [3.8, 4) is 0 Å². The van der Waals surface area contributed by atoms with Crippen molar-refractivity contribution in [2.45, 2.75) is 6.92 Å². The van der Waals surface area contributed by atoms with E-state index in [0.29, 0.717) is 9.47 Å². The van der Waals surface area contributed by atoms with Gasteiger partial charge in [0.1, 0.15) is 10.9 Å². The monoisotopic (exact) mass is 220 g/mol. The second-order valence-corrected chi connectivity index (χ2v) is 3.96. The van der Waals surface area contributed by atoms with E-state index in [2.05, 4.69) is 15.0 Å². The lowest BCUT2D eigenvalue weighted by molar-refractivity contribution is -0.119. The van der Waals surface area contributed by atoms with E-state index in [0.717, 1.165) is 5.69 Å². The van der Waals surface area contributed by atoms with E-state index in [1.54, 1.807) is 6.92 Å². The predicted octanol–water partition coefficient (Wildman–Crippen LogP) is 1.69. The molecule has 0 aliphatic rings. The van der Waals surface area contributed by atoms with Gasteiger partial charge in [0.15, 0.2) is 5.13 Å². The van der Waals surface area contributed by atoms with Crippen LogP contribution in [0.1, 0.15) is 5.69 Å². The first-order chi connectivity index (χ1) is 6.13. The lowest BCUT2D eigenvalue weighted by atomic mass is 10.6. The zero-order valence-electron chi connectivity index (χ0n) is 7.26. The van der Waals surface area contributed by atoms with Gasteiger partial charge in [-0.15, -0.1) is 0 Å². The maximum atomic E-state index is 11.0. The first-order valence-electron chi connectivity index (χ1n) is 3.55. The zero-order chi connectivity index (χ0) is 9.84. The van der Waals surface area contributed by atoms with E-state index < -0.39 is 0 Å². The highest BCUT2D eigenvalue weighted by molar-refractivity contribution is 7.19. The Balaban J connectivity index is 2.59. The van der Waals surface area contributed by atoms with Crippen molar-refractivity contribution in [1.29, 1.82) is 0 Å². The molecule has 1 amide bonds. The van der Waals surface area contributed by atoms with Crippen LogP contribution in [0.3, 0.4) is 0 Å². The molecule has 13 heavy (non-hydrogen) atoms. The van der Waals surface area contributed by atoms with Crippen LogP contribution in [0.5, 0.6) is 0 Å². The number of aryl methyl sites for hydroxylation is 1. The Morgan fingerprint density at radius 1 is 1.77 bits per heavy atom. The highest BCUT2D eigenvalue weighted by Crippen LogP contribution is 2.26. The van der Waals surface area contributed by atoms with Crippen molar-refractivity contribution in [3.05, 3.63) is 10.0 Å². The van der Waals surface area contributed by atoms with Gasteiger partial charge in [-0.05, 0) is 6.92 Å². The summed E-state index contributed by atoms with van der Waals surface area (Å²) in [4.78, 5) is 15.1. The van der Waals surface area contributed by atoms with Crippen molar-refractivity contribution in [3.63, 3.8) is 0 Å². The first-order valence-corrected chi connectivity index (χ1v) is 4.74. The number of hydrogen-bond acceptors (Lipinski definition) is 4. The van der Waals surface area contributed by atoms with E-state index >= 15 is 0 Å². The topological polar surface area (TPSA) is 51.2 Å². The molecule has 1 aromatic rings. The number of halogens is 1. The molecular formula is C7H9ClN2O2S. The van der Waals surface area contributed by atoms with Crippen LogP contribution in [-0.4, -0.2) is 24.6 Å². The van der Waals surface area contributed by atoms with Gasteiger partial charge < -0.3 is 4.74 Å². The Kier molecular flexibility index (Phi) is 3.65. The third-order valence-corrected chi connectivity index (χ3v) is 2.63.